The van der Waals surface area contributed by atoms with E-state index in [4.69, 9.17) is 5.84 Å². The van der Waals surface area contributed by atoms with Crippen LogP contribution in [0.4, 0.5) is 5.82 Å². The third kappa shape index (κ3) is 4.53. The molecular weight excluding hydrogens is 260 g/mol. The Morgan fingerprint density at radius 1 is 1.05 bits per heavy atom. The number of aromatic nitrogens is 2. The summed E-state index contributed by atoms with van der Waals surface area (Å²) < 4.78 is 0. The maximum absolute atomic E-state index is 5.52. The molecule has 1 aromatic carbocycles. The number of nitrogens with one attached hydrogen (secondary N) is 1. The maximum atomic E-state index is 5.52. The van der Waals surface area contributed by atoms with Gasteiger partial charge in [-0.05, 0) is 31.7 Å². The monoisotopic (exact) mass is 284 g/mol. The Morgan fingerprint density at radius 3 is 2.29 bits per heavy atom. The lowest BCUT2D eigenvalue weighted by Crippen LogP contribution is -2.12. The molecule has 2 rings (SSSR count). The zero-order valence-corrected chi connectivity index (χ0v) is 13.3. The standard InChI is InChI=1S/C17H24N4/c1-11(2)5-15-10-17(21-18)20-16(19-15)9-14-7-12(3)6-13(4)8-14/h6-8,10-11H,5,9,18H2,1-4H3,(H,19,20,21). The average molecular weight is 284 g/mol. The van der Waals surface area contributed by atoms with Crippen LogP contribution >= 0.6 is 0 Å². The highest BCUT2D eigenvalue weighted by Gasteiger charge is 2.07. The first-order valence-electron chi connectivity index (χ1n) is 7.37. The van der Waals surface area contributed by atoms with E-state index in [-0.39, 0.29) is 0 Å². The molecule has 0 atom stereocenters. The van der Waals surface area contributed by atoms with Crippen molar-refractivity contribution in [2.45, 2.75) is 40.5 Å². The molecule has 21 heavy (non-hydrogen) atoms. The molecule has 0 fully saturated rings. The van der Waals surface area contributed by atoms with E-state index in [9.17, 15) is 0 Å². The predicted octanol–water partition coefficient (Wildman–Crippen LogP) is 3.17. The minimum absolute atomic E-state index is 0.555. The number of anilines is 1. The van der Waals surface area contributed by atoms with Crippen molar-refractivity contribution in [3.05, 3.63) is 52.5 Å². The smallest absolute Gasteiger partial charge is 0.143 e. The SMILES string of the molecule is Cc1cc(C)cc(Cc2nc(CC(C)C)cc(NN)n2)c1. The van der Waals surface area contributed by atoms with Gasteiger partial charge in [0.15, 0.2) is 0 Å². The quantitative estimate of drug-likeness (QED) is 0.654. The van der Waals surface area contributed by atoms with E-state index in [1.54, 1.807) is 0 Å². The molecule has 1 aromatic heterocycles. The van der Waals surface area contributed by atoms with Gasteiger partial charge in [0.1, 0.15) is 11.6 Å². The van der Waals surface area contributed by atoms with Crippen molar-refractivity contribution >= 4 is 5.82 Å². The van der Waals surface area contributed by atoms with Gasteiger partial charge in [-0.25, -0.2) is 15.8 Å². The predicted molar refractivity (Wildman–Crippen MR) is 87.1 cm³/mol. The zero-order chi connectivity index (χ0) is 15.4. The van der Waals surface area contributed by atoms with Gasteiger partial charge in [-0.3, -0.25) is 0 Å². The van der Waals surface area contributed by atoms with Gasteiger partial charge in [-0.15, -0.1) is 0 Å². The van der Waals surface area contributed by atoms with Gasteiger partial charge in [0.05, 0.1) is 0 Å². The van der Waals surface area contributed by atoms with Gasteiger partial charge in [0.2, 0.25) is 0 Å². The molecule has 112 valence electrons. The molecule has 2 aromatic rings. The normalized spacial score (nSPS) is 11.0. The fraction of sp³-hybridized carbons (Fsp3) is 0.412. The second-order valence-electron chi connectivity index (χ2n) is 6.08. The second kappa shape index (κ2) is 6.68. The lowest BCUT2D eigenvalue weighted by atomic mass is 10.0. The second-order valence-corrected chi connectivity index (χ2v) is 6.08. The molecule has 0 unspecified atom stereocenters. The van der Waals surface area contributed by atoms with Crippen LogP contribution in [0.25, 0.3) is 0 Å². The largest absolute Gasteiger partial charge is 0.308 e. The number of rotatable bonds is 5. The van der Waals surface area contributed by atoms with Crippen LogP contribution < -0.4 is 11.3 Å². The van der Waals surface area contributed by atoms with Crippen molar-refractivity contribution < 1.29 is 0 Å². The van der Waals surface area contributed by atoms with Crippen LogP contribution in [-0.4, -0.2) is 9.97 Å². The van der Waals surface area contributed by atoms with Crippen molar-refractivity contribution in [3.8, 4) is 0 Å². The summed E-state index contributed by atoms with van der Waals surface area (Å²) in [7, 11) is 0. The van der Waals surface area contributed by atoms with Crippen LogP contribution in [0.15, 0.2) is 24.3 Å². The van der Waals surface area contributed by atoms with Crippen LogP contribution in [0.5, 0.6) is 0 Å². The van der Waals surface area contributed by atoms with Crippen molar-refractivity contribution in [2.24, 2.45) is 11.8 Å². The molecule has 0 amide bonds. The number of nitrogen functional groups attached to an aromatic ring is 1. The van der Waals surface area contributed by atoms with Crippen LogP contribution in [0.3, 0.4) is 0 Å². The summed E-state index contributed by atoms with van der Waals surface area (Å²) in [6.45, 7) is 8.58. The summed E-state index contributed by atoms with van der Waals surface area (Å²) in [5.41, 5.74) is 7.44. The van der Waals surface area contributed by atoms with Gasteiger partial charge < -0.3 is 5.43 Å². The van der Waals surface area contributed by atoms with Crippen molar-refractivity contribution in [1.82, 2.24) is 9.97 Å². The molecule has 0 spiro atoms. The maximum Gasteiger partial charge on any atom is 0.143 e. The van der Waals surface area contributed by atoms with E-state index in [0.29, 0.717) is 11.7 Å². The van der Waals surface area contributed by atoms with Gasteiger partial charge in [0, 0.05) is 18.2 Å². The van der Waals surface area contributed by atoms with Crippen LogP contribution in [0, 0.1) is 19.8 Å². The van der Waals surface area contributed by atoms with Crippen molar-refractivity contribution in [2.75, 3.05) is 5.43 Å². The Kier molecular flexibility index (Phi) is 4.91. The van der Waals surface area contributed by atoms with Gasteiger partial charge >= 0.3 is 0 Å². The van der Waals surface area contributed by atoms with E-state index < -0.39 is 0 Å². The minimum atomic E-state index is 0.555. The summed E-state index contributed by atoms with van der Waals surface area (Å²) >= 11 is 0. The Balaban J connectivity index is 2.29. The molecule has 4 nitrogen and oxygen atoms in total. The molecule has 0 aliphatic rings. The molecule has 1 heterocycles. The zero-order valence-electron chi connectivity index (χ0n) is 13.3. The molecule has 0 aliphatic carbocycles. The van der Waals surface area contributed by atoms with E-state index in [1.807, 2.05) is 6.07 Å². The third-order valence-corrected chi connectivity index (χ3v) is 3.23. The number of nitrogens with zero attached hydrogens (tertiary/aromatic N) is 2. The first kappa shape index (κ1) is 15.4. The Labute approximate surface area is 126 Å². The van der Waals surface area contributed by atoms with Gasteiger partial charge in [-0.2, -0.15) is 0 Å². The molecule has 0 aliphatic heterocycles. The number of benzene rings is 1. The van der Waals surface area contributed by atoms with Gasteiger partial charge in [0.25, 0.3) is 0 Å². The Hall–Kier alpha value is -1.94. The number of hydrogen-bond acceptors (Lipinski definition) is 4. The lowest BCUT2D eigenvalue weighted by Gasteiger charge is -2.10. The van der Waals surface area contributed by atoms with Crippen molar-refractivity contribution in [3.63, 3.8) is 0 Å². The Morgan fingerprint density at radius 2 is 1.71 bits per heavy atom. The molecule has 0 saturated heterocycles. The molecule has 0 bridgehead atoms. The third-order valence-electron chi connectivity index (χ3n) is 3.23. The number of hydrogen-bond donors (Lipinski definition) is 2. The van der Waals surface area contributed by atoms with Crippen LogP contribution in [-0.2, 0) is 12.8 Å². The minimum Gasteiger partial charge on any atom is -0.308 e. The molecular formula is C17H24N4. The fourth-order valence-corrected chi connectivity index (χ4v) is 2.58. The lowest BCUT2D eigenvalue weighted by molar-refractivity contribution is 0.631. The average Bonchev–Trinajstić information content (AvgIpc) is 2.36. The van der Waals surface area contributed by atoms with E-state index in [2.05, 4.69) is 61.3 Å². The highest BCUT2D eigenvalue weighted by atomic mass is 15.3. The summed E-state index contributed by atoms with van der Waals surface area (Å²) in [5.74, 6) is 7.57. The number of nitrogens with two attached hydrogens (primary N) is 1. The topological polar surface area (TPSA) is 63.8 Å². The van der Waals surface area contributed by atoms with E-state index in [1.165, 1.54) is 16.7 Å². The number of aryl methyl sites for hydroxylation is 2. The highest BCUT2D eigenvalue weighted by molar-refractivity contribution is 5.36. The first-order chi connectivity index (χ1) is 9.96. The summed E-state index contributed by atoms with van der Waals surface area (Å²) in [6.07, 6.45) is 1.65. The summed E-state index contributed by atoms with van der Waals surface area (Å²) in [4.78, 5) is 9.14. The van der Waals surface area contributed by atoms with Crippen molar-refractivity contribution in [1.29, 1.82) is 0 Å². The fourth-order valence-electron chi connectivity index (χ4n) is 2.58. The molecule has 0 radical (unpaired) electrons. The molecule has 4 heteroatoms. The Bertz CT molecular complexity index is 600. The van der Waals surface area contributed by atoms with Crippen LogP contribution in [0.1, 0.15) is 42.1 Å². The summed E-state index contributed by atoms with van der Waals surface area (Å²) in [5, 5.41) is 0. The summed E-state index contributed by atoms with van der Waals surface area (Å²) in [6, 6.07) is 8.46. The first-order valence-corrected chi connectivity index (χ1v) is 7.37. The van der Waals surface area contributed by atoms with Crippen LogP contribution in [0.2, 0.25) is 0 Å². The number of hydrazine groups is 1. The van der Waals surface area contributed by atoms with Gasteiger partial charge in [-0.1, -0.05) is 43.2 Å². The molecule has 0 saturated carbocycles. The highest BCUT2D eigenvalue weighted by Crippen LogP contribution is 2.15. The van der Waals surface area contributed by atoms with E-state index >= 15 is 0 Å². The van der Waals surface area contributed by atoms with E-state index in [0.717, 1.165) is 24.4 Å². The molecule has 3 N–H and O–H groups in total.